The normalized spacial score (nSPS) is 18.2. The average Bonchev–Trinajstić information content (AvgIpc) is 3.33. The zero-order valence-corrected chi connectivity index (χ0v) is 20.9. The van der Waals surface area contributed by atoms with Crippen LogP contribution in [0.2, 0.25) is 0 Å². The number of nitrogens with zero attached hydrogens (tertiary/aromatic N) is 2. The highest BCUT2D eigenvalue weighted by Gasteiger charge is 2.43. The fourth-order valence-corrected chi connectivity index (χ4v) is 5.09. The minimum atomic E-state index is -0.595. The molecule has 7 nitrogen and oxygen atoms in total. The van der Waals surface area contributed by atoms with Crippen LogP contribution in [0.25, 0.3) is 11.0 Å². The molecule has 0 bridgehead atoms. The van der Waals surface area contributed by atoms with Gasteiger partial charge in [-0.2, -0.15) is 0 Å². The van der Waals surface area contributed by atoms with E-state index in [-0.39, 0.29) is 23.8 Å². The molecular weight excluding hydrogens is 452 g/mol. The lowest BCUT2D eigenvalue weighted by Gasteiger charge is -2.40. The van der Waals surface area contributed by atoms with E-state index in [0.29, 0.717) is 11.4 Å². The third-order valence-electron chi connectivity index (χ3n) is 6.99. The second kappa shape index (κ2) is 9.49. The van der Waals surface area contributed by atoms with Gasteiger partial charge in [0.05, 0.1) is 36.1 Å². The molecule has 0 radical (unpaired) electrons. The number of imidazole rings is 1. The largest absolute Gasteiger partial charge is 0.497 e. The summed E-state index contributed by atoms with van der Waals surface area (Å²) in [6, 6.07) is 22.0. The molecule has 7 heteroatoms. The first kappa shape index (κ1) is 23.6. The molecule has 3 aromatic carbocycles. The highest BCUT2D eigenvalue weighted by Crippen LogP contribution is 2.43. The number of fused-ring (bicyclic) bond motifs is 2. The summed E-state index contributed by atoms with van der Waals surface area (Å²) in [5.74, 6) is 0.675. The van der Waals surface area contributed by atoms with Crippen molar-refractivity contribution < 1.29 is 14.3 Å². The van der Waals surface area contributed by atoms with Crippen LogP contribution in [0, 0.1) is 5.92 Å². The van der Waals surface area contributed by atoms with Gasteiger partial charge in [0.2, 0.25) is 5.91 Å². The number of carbonyl (C=O) groups is 2. The summed E-state index contributed by atoms with van der Waals surface area (Å²) >= 11 is 0. The smallest absolute Gasteiger partial charge is 0.254 e. The molecule has 2 N–H and O–H groups in total. The highest BCUT2D eigenvalue weighted by molar-refractivity contribution is 6.01. The van der Waals surface area contributed by atoms with E-state index in [1.54, 1.807) is 25.1 Å². The van der Waals surface area contributed by atoms with Crippen LogP contribution in [0.5, 0.6) is 5.75 Å². The van der Waals surface area contributed by atoms with Crippen molar-refractivity contribution in [2.75, 3.05) is 14.2 Å². The van der Waals surface area contributed by atoms with Crippen LogP contribution in [0.3, 0.4) is 0 Å². The van der Waals surface area contributed by atoms with Gasteiger partial charge < -0.3 is 19.9 Å². The molecule has 0 spiro atoms. The van der Waals surface area contributed by atoms with Crippen molar-refractivity contribution >= 4 is 22.8 Å². The number of hydrogen-bond donors (Lipinski definition) is 2. The summed E-state index contributed by atoms with van der Waals surface area (Å²) in [4.78, 5) is 37.2. The van der Waals surface area contributed by atoms with Gasteiger partial charge in [-0.1, -0.05) is 56.3 Å². The number of carbonyl (C=O) groups excluding carboxylic acids is 2. The lowest BCUT2D eigenvalue weighted by atomic mass is 9.79. The van der Waals surface area contributed by atoms with Gasteiger partial charge in [0.25, 0.3) is 5.91 Å². The Morgan fingerprint density at radius 2 is 1.72 bits per heavy atom. The van der Waals surface area contributed by atoms with Crippen LogP contribution in [0.15, 0.2) is 72.8 Å². The van der Waals surface area contributed by atoms with E-state index in [0.717, 1.165) is 27.9 Å². The summed E-state index contributed by atoms with van der Waals surface area (Å²) in [6.07, 6.45) is 0. The van der Waals surface area contributed by atoms with Crippen molar-refractivity contribution in [2.45, 2.75) is 31.8 Å². The summed E-state index contributed by atoms with van der Waals surface area (Å²) in [5, 5.41) is 3.27. The number of likely N-dealkylation sites (N-methyl/N-ethyl adjacent to an activating group) is 1. The number of para-hydroxylation sites is 2. The van der Waals surface area contributed by atoms with Crippen LogP contribution in [0.4, 0.5) is 0 Å². The number of hydrogen-bond acceptors (Lipinski definition) is 4. The quantitative estimate of drug-likeness (QED) is 0.405. The molecule has 184 valence electrons. The lowest BCUT2D eigenvalue weighted by Crippen LogP contribution is -2.46. The minimum absolute atomic E-state index is 0.0899. The van der Waals surface area contributed by atoms with Crippen molar-refractivity contribution in [3.63, 3.8) is 0 Å². The van der Waals surface area contributed by atoms with E-state index in [1.807, 2.05) is 66.7 Å². The number of rotatable bonds is 6. The van der Waals surface area contributed by atoms with Gasteiger partial charge in [0, 0.05) is 12.6 Å². The molecule has 4 aromatic rings. The number of benzene rings is 3. The molecule has 5 rings (SSSR count). The summed E-state index contributed by atoms with van der Waals surface area (Å²) < 4.78 is 5.32. The predicted molar refractivity (Wildman–Crippen MR) is 139 cm³/mol. The fourth-order valence-electron chi connectivity index (χ4n) is 5.09. The SMILES string of the molecule is COc1ccc([C@@H]2[C@@H](C(=O)N[C@@H](c3nc4ccccc4[nH]3)C(C)C)c3ccccc3C(=O)N2C)cc1. The zero-order valence-electron chi connectivity index (χ0n) is 20.9. The molecule has 2 heterocycles. The minimum Gasteiger partial charge on any atom is -0.497 e. The number of ether oxygens (including phenoxy) is 1. The Labute approximate surface area is 210 Å². The van der Waals surface area contributed by atoms with Crippen LogP contribution in [-0.2, 0) is 4.79 Å². The van der Waals surface area contributed by atoms with E-state index in [1.165, 1.54) is 0 Å². The second-order valence-corrected chi connectivity index (χ2v) is 9.57. The second-order valence-electron chi connectivity index (χ2n) is 9.57. The van der Waals surface area contributed by atoms with Gasteiger partial charge in [-0.3, -0.25) is 9.59 Å². The number of nitrogens with one attached hydrogen (secondary N) is 2. The van der Waals surface area contributed by atoms with Crippen LogP contribution >= 0.6 is 0 Å². The van der Waals surface area contributed by atoms with Crippen molar-refractivity contribution in [2.24, 2.45) is 5.92 Å². The van der Waals surface area contributed by atoms with Crippen LogP contribution in [0.1, 0.15) is 59.2 Å². The van der Waals surface area contributed by atoms with Gasteiger partial charge in [0.15, 0.2) is 0 Å². The van der Waals surface area contributed by atoms with E-state index >= 15 is 0 Å². The Bertz CT molecular complexity index is 1380. The summed E-state index contributed by atoms with van der Waals surface area (Å²) in [6.45, 7) is 4.12. The fraction of sp³-hybridized carbons (Fsp3) is 0.276. The summed E-state index contributed by atoms with van der Waals surface area (Å²) in [5.41, 5.74) is 3.93. The molecule has 1 aromatic heterocycles. The highest BCUT2D eigenvalue weighted by atomic mass is 16.5. The molecule has 3 atom stereocenters. The van der Waals surface area contributed by atoms with Crippen molar-refractivity contribution in [3.8, 4) is 5.75 Å². The monoisotopic (exact) mass is 482 g/mol. The maximum Gasteiger partial charge on any atom is 0.254 e. The van der Waals surface area contributed by atoms with Gasteiger partial charge in [-0.25, -0.2) is 4.98 Å². The predicted octanol–water partition coefficient (Wildman–Crippen LogP) is 5.00. The Morgan fingerprint density at radius 3 is 2.42 bits per heavy atom. The number of amides is 2. The molecule has 0 saturated heterocycles. The third-order valence-corrected chi connectivity index (χ3v) is 6.99. The standard InChI is InChI=1S/C29H30N4O3/c1-17(2)25(27-30-22-11-7-8-12-23(22)31-27)32-28(34)24-20-9-5-6-10-21(20)29(35)33(3)26(24)18-13-15-19(36-4)16-14-18/h5-17,24-26H,1-4H3,(H,30,31)(H,32,34)/t24-,25+,26+/m0/s1. The van der Waals surface area contributed by atoms with E-state index in [4.69, 9.17) is 9.72 Å². The van der Waals surface area contributed by atoms with Gasteiger partial charge >= 0.3 is 0 Å². The molecular formula is C29H30N4O3. The maximum absolute atomic E-state index is 14.1. The topological polar surface area (TPSA) is 87.3 Å². The maximum atomic E-state index is 14.1. The zero-order chi connectivity index (χ0) is 25.4. The number of methoxy groups -OCH3 is 1. The number of aromatic nitrogens is 2. The van der Waals surface area contributed by atoms with Crippen molar-refractivity contribution in [1.82, 2.24) is 20.2 Å². The average molecular weight is 483 g/mol. The van der Waals surface area contributed by atoms with E-state index in [2.05, 4.69) is 24.1 Å². The molecule has 2 amide bonds. The van der Waals surface area contributed by atoms with Crippen LogP contribution in [-0.4, -0.2) is 40.8 Å². The first-order valence-electron chi connectivity index (χ1n) is 12.1. The Morgan fingerprint density at radius 1 is 1.03 bits per heavy atom. The molecule has 0 fully saturated rings. The first-order chi connectivity index (χ1) is 17.4. The Hall–Kier alpha value is -4.13. The first-order valence-corrected chi connectivity index (χ1v) is 12.1. The summed E-state index contributed by atoms with van der Waals surface area (Å²) in [7, 11) is 3.37. The van der Waals surface area contributed by atoms with E-state index in [9.17, 15) is 9.59 Å². The van der Waals surface area contributed by atoms with Gasteiger partial charge in [-0.05, 0) is 47.4 Å². The number of H-pyrrole nitrogens is 1. The van der Waals surface area contributed by atoms with Crippen LogP contribution < -0.4 is 10.1 Å². The molecule has 1 aliphatic rings. The Kier molecular flexibility index (Phi) is 6.22. The molecule has 1 aliphatic heterocycles. The van der Waals surface area contributed by atoms with Gasteiger partial charge in [-0.15, -0.1) is 0 Å². The van der Waals surface area contributed by atoms with Crippen molar-refractivity contribution in [1.29, 1.82) is 0 Å². The molecule has 36 heavy (non-hydrogen) atoms. The van der Waals surface area contributed by atoms with Crippen molar-refractivity contribution in [3.05, 3.63) is 95.3 Å². The molecule has 0 unspecified atom stereocenters. The molecule has 0 aliphatic carbocycles. The molecule has 0 saturated carbocycles. The Balaban J connectivity index is 1.56. The lowest BCUT2D eigenvalue weighted by molar-refractivity contribution is -0.125. The third kappa shape index (κ3) is 4.11. The number of aromatic amines is 1. The van der Waals surface area contributed by atoms with E-state index < -0.39 is 12.0 Å². The van der Waals surface area contributed by atoms with Gasteiger partial charge in [0.1, 0.15) is 11.6 Å².